The molecule has 0 heterocycles. The van der Waals surface area contributed by atoms with Gasteiger partial charge in [-0.05, 0) is 0 Å². The minimum atomic E-state index is -8.75. The molecule has 0 aliphatic heterocycles. The quantitative estimate of drug-likeness (QED) is 0.252. The second kappa shape index (κ2) is 0.699. The number of halogens is 1. The zero-order valence-electron chi connectivity index (χ0n) is 3.39. The predicted octanol–water partition coefficient (Wildman–Crippen LogP) is -2.65. The average Bonchev–Trinajstić information content (AvgIpc) is 0.544. The van der Waals surface area contributed by atoms with E-state index >= 15 is 0 Å². The van der Waals surface area contributed by atoms with Gasteiger partial charge >= 0.3 is 46.0 Å². The first-order chi connectivity index (χ1) is 2.65. The fraction of sp³-hybridized carbons (Fsp3) is 0. The van der Waals surface area contributed by atoms with Crippen LogP contribution in [0.1, 0.15) is 0 Å². The van der Waals surface area contributed by atoms with E-state index in [2.05, 4.69) is 10.1 Å². The van der Waals surface area contributed by atoms with Gasteiger partial charge in [-0.1, -0.05) is 0 Å². The normalized spacial score (nSPS) is 27.1. The van der Waals surface area contributed by atoms with Gasteiger partial charge in [-0.25, -0.2) is 0 Å². The molecule has 58 valence electrons. The van der Waals surface area contributed by atoms with Crippen molar-refractivity contribution in [3.05, 3.63) is 0 Å². The minimum absolute atomic E-state index is 3.76. The van der Waals surface area contributed by atoms with Gasteiger partial charge < -0.3 is 0 Å². The Kier molecular flexibility index (Phi) is 0.748. The van der Waals surface area contributed by atoms with Gasteiger partial charge in [0.25, 0.3) is 0 Å². The Morgan fingerprint density at radius 3 is 0.750 bits per heavy atom. The molecule has 6 nitrogen and oxygen atoms in total. The summed E-state index contributed by atoms with van der Waals surface area (Å²) in [6.45, 7) is 0. The number of hydrogen-bond donors (Lipinski definition) is 6. The molecule has 0 aromatic rings. The van der Waals surface area contributed by atoms with Crippen LogP contribution in [0.15, 0.2) is 0 Å². The fourth-order valence-electron chi connectivity index (χ4n) is 0. The molecular formula is H6ClCoO6. The van der Waals surface area contributed by atoms with E-state index in [-0.39, 0.29) is 0 Å². The molecule has 0 amide bonds. The van der Waals surface area contributed by atoms with Crippen LogP contribution in [0.25, 0.3) is 0 Å². The van der Waals surface area contributed by atoms with Gasteiger partial charge in [-0.15, -0.1) is 0 Å². The second-order valence-corrected chi connectivity index (χ2v) is 8.30. The Morgan fingerprint density at radius 1 is 0.750 bits per heavy atom. The van der Waals surface area contributed by atoms with Crippen molar-refractivity contribution in [1.82, 2.24) is 0 Å². The third kappa shape index (κ3) is 654. The topological polar surface area (TPSA) is 121 Å². The van der Waals surface area contributed by atoms with Crippen molar-refractivity contribution in [3.8, 4) is 0 Å². The molecule has 0 aliphatic rings. The molecule has 6 N–H and O–H groups in total. The van der Waals surface area contributed by atoms with Crippen molar-refractivity contribution in [1.29, 1.82) is 0 Å². The van der Waals surface area contributed by atoms with Crippen molar-refractivity contribution in [2.45, 2.75) is 0 Å². The summed E-state index contributed by atoms with van der Waals surface area (Å²) in [7, 11) is -4.99. The van der Waals surface area contributed by atoms with Gasteiger partial charge in [0, 0.05) is 0 Å². The third-order valence-corrected chi connectivity index (χ3v) is 0. The summed E-state index contributed by atoms with van der Waals surface area (Å²) in [6.07, 6.45) is 0. The van der Waals surface area contributed by atoms with Crippen LogP contribution in [0.4, 0.5) is 0 Å². The molecular weight excluding hydrogens is 190 g/mol. The molecule has 0 aliphatic carbocycles. The van der Waals surface area contributed by atoms with Gasteiger partial charge in [0.1, 0.15) is 0 Å². The summed E-state index contributed by atoms with van der Waals surface area (Å²) in [4.78, 5) is 0. The van der Waals surface area contributed by atoms with Crippen molar-refractivity contribution in [2.75, 3.05) is 0 Å². The molecule has 0 unspecified atom stereocenters. The van der Waals surface area contributed by atoms with Crippen molar-refractivity contribution >= 4 is 10.1 Å². The maximum absolute atomic E-state index is 8.75. The molecule has 0 atom stereocenters. The van der Waals surface area contributed by atoms with E-state index in [1.165, 1.54) is 0 Å². The van der Waals surface area contributed by atoms with Crippen molar-refractivity contribution < 1.29 is 35.9 Å². The van der Waals surface area contributed by atoms with Gasteiger partial charge in [-0.2, -0.15) is 0 Å². The molecule has 0 fully saturated rings. The maximum atomic E-state index is 7.59. The van der Waals surface area contributed by atoms with Crippen molar-refractivity contribution in [3.63, 3.8) is 0 Å². The first kappa shape index (κ1) is 8.56. The monoisotopic (exact) mass is 196 g/mol. The van der Waals surface area contributed by atoms with E-state index in [0.29, 0.717) is 0 Å². The molecule has 0 spiro atoms. The third-order valence-electron chi connectivity index (χ3n) is 0. The van der Waals surface area contributed by atoms with Crippen LogP contribution in [-0.4, -0.2) is 25.3 Å². The molecule has 0 saturated carbocycles. The Hall–Kier alpha value is 0.556. The van der Waals surface area contributed by atoms with Crippen LogP contribution in [0.5, 0.6) is 0 Å². The first-order valence-electron chi connectivity index (χ1n) is 1.02. The summed E-state index contributed by atoms with van der Waals surface area (Å²) in [6, 6.07) is 0. The Bertz CT molecular complexity index is 101. The molecule has 0 bridgehead atoms. The summed E-state index contributed by atoms with van der Waals surface area (Å²) < 4.78 is 45.6. The van der Waals surface area contributed by atoms with Crippen LogP contribution < -0.4 is 0 Å². The van der Waals surface area contributed by atoms with Crippen molar-refractivity contribution in [2.24, 2.45) is 0 Å². The van der Waals surface area contributed by atoms with Crippen LogP contribution in [0.2, 0.25) is 0 Å². The molecule has 8 heteroatoms. The van der Waals surface area contributed by atoms with Crippen LogP contribution >= 0.6 is 10.1 Å². The van der Waals surface area contributed by atoms with E-state index in [4.69, 9.17) is 25.3 Å². The Morgan fingerprint density at radius 2 is 0.750 bits per heavy atom. The first-order valence-corrected chi connectivity index (χ1v) is 5.25. The average molecular weight is 196 g/mol. The molecule has 0 saturated heterocycles. The standard InChI is InChI=1S/ClH.Co.6H2O/h1H;;6*1H2/q;+7;;;;;;/p-7. The van der Waals surface area contributed by atoms with E-state index in [1.54, 1.807) is 0 Å². The van der Waals surface area contributed by atoms with E-state index in [1.807, 2.05) is 0 Å². The number of rotatable bonds is 0. The number of hydrogen-bond acceptors (Lipinski definition) is 6. The van der Waals surface area contributed by atoms with Crippen LogP contribution in [0.3, 0.4) is 0 Å². The molecule has 0 radical (unpaired) electrons. The van der Waals surface area contributed by atoms with E-state index < -0.39 is 10.5 Å². The molecule has 8 heavy (non-hydrogen) atoms. The Balaban J connectivity index is 5.14. The second-order valence-electron chi connectivity index (χ2n) is 1.34. The Labute approximate surface area is 46.7 Å². The molecule has 0 aromatic carbocycles. The van der Waals surface area contributed by atoms with Crippen LogP contribution in [0, 0.1) is 0 Å². The molecule has 0 aromatic heterocycles. The summed E-state index contributed by atoms with van der Waals surface area (Å²) in [5.41, 5.74) is 0. The summed E-state index contributed by atoms with van der Waals surface area (Å²) >= 11 is 0. The van der Waals surface area contributed by atoms with Crippen LogP contribution in [-0.2, 0) is 10.5 Å². The van der Waals surface area contributed by atoms with E-state index in [0.717, 1.165) is 0 Å². The zero-order valence-corrected chi connectivity index (χ0v) is 5.19. The SMILES string of the molecule is [OH][Co]([OH])([OH])([OH])([OH])([OH])[Cl]. The summed E-state index contributed by atoms with van der Waals surface area (Å²) in [5.74, 6) is 0. The zero-order chi connectivity index (χ0) is 7.38. The van der Waals surface area contributed by atoms with Gasteiger partial charge in [0.05, 0.1) is 0 Å². The molecule has 0 rings (SSSR count). The fourth-order valence-corrected chi connectivity index (χ4v) is 0. The predicted molar refractivity (Wildman–Crippen MR) is 19.2 cm³/mol. The van der Waals surface area contributed by atoms with Gasteiger partial charge in [0.2, 0.25) is 0 Å². The van der Waals surface area contributed by atoms with Gasteiger partial charge in [0.15, 0.2) is 0 Å². The van der Waals surface area contributed by atoms with E-state index in [9.17, 15) is 0 Å². The van der Waals surface area contributed by atoms with Gasteiger partial charge in [-0.3, -0.25) is 0 Å². The summed E-state index contributed by atoms with van der Waals surface area (Å²) in [5, 5.41) is 0.